The lowest BCUT2D eigenvalue weighted by molar-refractivity contribution is -0.119. The van der Waals surface area contributed by atoms with E-state index < -0.39 is 0 Å². The van der Waals surface area contributed by atoms with Crippen LogP contribution in [0.1, 0.15) is 16.7 Å². The maximum absolute atomic E-state index is 12.3. The molecule has 0 aliphatic rings. The number of benzene rings is 3. The monoisotopic (exact) mass is 403 g/mol. The molecule has 0 bridgehead atoms. The van der Waals surface area contributed by atoms with Gasteiger partial charge in [0.1, 0.15) is 0 Å². The summed E-state index contributed by atoms with van der Waals surface area (Å²) in [6, 6.07) is 25.2. The number of hydrogen-bond donors (Lipinski definition) is 2. The molecule has 0 radical (unpaired) electrons. The van der Waals surface area contributed by atoms with Crippen LogP contribution in [0.4, 0.5) is 5.69 Å². The number of rotatable bonds is 7. The van der Waals surface area contributed by atoms with E-state index in [0.29, 0.717) is 10.7 Å². The van der Waals surface area contributed by atoms with Crippen LogP contribution in [0.15, 0.2) is 90.0 Å². The van der Waals surface area contributed by atoms with Gasteiger partial charge in [-0.25, -0.2) is 5.43 Å². The van der Waals surface area contributed by atoms with E-state index in [2.05, 4.69) is 15.8 Å². The minimum Gasteiger partial charge on any atom is -0.376 e. The lowest BCUT2D eigenvalue weighted by atomic mass is 10.1. The van der Waals surface area contributed by atoms with E-state index in [1.54, 1.807) is 0 Å². The average Bonchev–Trinajstić information content (AvgIpc) is 2.76. The van der Waals surface area contributed by atoms with E-state index in [1.165, 1.54) is 0 Å². The molecule has 0 saturated carbocycles. The average molecular weight is 404 g/mol. The Kier molecular flexibility index (Phi) is 7.20. The Bertz CT molecular complexity index is 1010. The van der Waals surface area contributed by atoms with Crippen molar-refractivity contribution in [1.82, 2.24) is 5.43 Å². The van der Waals surface area contributed by atoms with Crippen molar-refractivity contribution in [1.29, 1.82) is 0 Å². The van der Waals surface area contributed by atoms with Crippen molar-refractivity contribution in [3.05, 3.63) is 107 Å². The Labute approximate surface area is 175 Å². The van der Waals surface area contributed by atoms with Crippen LogP contribution in [0.5, 0.6) is 0 Å². The number of carbonyl (C=O) groups is 1. The van der Waals surface area contributed by atoms with Crippen LogP contribution in [0, 0.1) is 6.92 Å². The molecule has 5 heteroatoms. The quantitative estimate of drug-likeness (QED) is 0.415. The molecule has 3 aromatic carbocycles. The summed E-state index contributed by atoms with van der Waals surface area (Å²) in [5.41, 5.74) is 6.99. The van der Waals surface area contributed by atoms with Crippen molar-refractivity contribution in [2.45, 2.75) is 6.92 Å². The topological polar surface area (TPSA) is 53.5 Å². The van der Waals surface area contributed by atoms with Gasteiger partial charge in [-0.1, -0.05) is 84.4 Å². The summed E-state index contributed by atoms with van der Waals surface area (Å²) in [7, 11) is 0. The second-order valence-corrected chi connectivity index (χ2v) is 6.82. The minimum atomic E-state index is -0.245. The second-order valence-electron chi connectivity index (χ2n) is 6.41. The molecule has 3 rings (SSSR count). The number of allylic oxidation sites excluding steroid dienone is 1. The fourth-order valence-electron chi connectivity index (χ4n) is 2.68. The number of halogens is 1. The van der Waals surface area contributed by atoms with E-state index in [0.717, 1.165) is 22.4 Å². The molecule has 0 unspecified atom stereocenters. The molecule has 29 heavy (non-hydrogen) atoms. The molecule has 146 valence electrons. The normalized spacial score (nSPS) is 11.4. The molecule has 0 saturated heterocycles. The highest BCUT2D eigenvalue weighted by molar-refractivity contribution is 6.31. The molecule has 3 aromatic rings. The van der Waals surface area contributed by atoms with E-state index in [-0.39, 0.29) is 12.5 Å². The molecule has 2 N–H and O–H groups in total. The van der Waals surface area contributed by atoms with Crippen LogP contribution < -0.4 is 10.7 Å². The zero-order chi connectivity index (χ0) is 20.5. The Hall–Kier alpha value is -3.37. The second kappa shape index (κ2) is 10.2. The molecular formula is C24H22ClN3O. The Balaban J connectivity index is 1.69. The minimum absolute atomic E-state index is 0.0924. The molecule has 0 aliphatic carbocycles. The van der Waals surface area contributed by atoms with Gasteiger partial charge in [0.05, 0.1) is 12.3 Å². The van der Waals surface area contributed by atoms with Gasteiger partial charge in [0.2, 0.25) is 0 Å². The van der Waals surface area contributed by atoms with Gasteiger partial charge in [0.15, 0.2) is 0 Å². The summed E-state index contributed by atoms with van der Waals surface area (Å²) in [6.07, 6.45) is 3.85. The SMILES string of the molecule is Cc1c(Cl)cccc1NCC(=O)N/N=C(\C=C/c1ccccc1)c1ccccc1. The highest BCUT2D eigenvalue weighted by atomic mass is 35.5. The highest BCUT2D eigenvalue weighted by Gasteiger charge is 2.06. The zero-order valence-corrected chi connectivity index (χ0v) is 16.9. The van der Waals surface area contributed by atoms with Gasteiger partial charge in [-0.05, 0) is 36.3 Å². The molecule has 0 atom stereocenters. The maximum atomic E-state index is 12.3. The molecular weight excluding hydrogens is 382 g/mol. The lowest BCUT2D eigenvalue weighted by Gasteiger charge is -2.10. The van der Waals surface area contributed by atoms with E-state index in [1.807, 2.05) is 97.9 Å². The van der Waals surface area contributed by atoms with Crippen molar-refractivity contribution in [3.63, 3.8) is 0 Å². The molecule has 1 amide bonds. The number of carbonyl (C=O) groups excluding carboxylic acids is 1. The van der Waals surface area contributed by atoms with Crippen LogP contribution in [0.2, 0.25) is 5.02 Å². The highest BCUT2D eigenvalue weighted by Crippen LogP contribution is 2.22. The van der Waals surface area contributed by atoms with Gasteiger partial charge in [0.25, 0.3) is 5.91 Å². The predicted octanol–water partition coefficient (Wildman–Crippen LogP) is 5.29. The Morgan fingerprint density at radius 3 is 2.38 bits per heavy atom. The predicted molar refractivity (Wildman–Crippen MR) is 121 cm³/mol. The third-order valence-corrected chi connectivity index (χ3v) is 4.72. The van der Waals surface area contributed by atoms with Crippen LogP contribution in [-0.2, 0) is 4.79 Å². The standard InChI is InChI=1S/C24H22ClN3O/c1-18-21(25)13-8-14-22(18)26-17-24(29)28-27-23(20-11-6-3-7-12-20)16-15-19-9-4-2-5-10-19/h2-16,26H,17H2,1H3,(H,28,29)/b16-15-,27-23+. The van der Waals surface area contributed by atoms with Crippen LogP contribution in [0.25, 0.3) is 6.08 Å². The van der Waals surface area contributed by atoms with Gasteiger partial charge in [-0.3, -0.25) is 4.79 Å². The fourth-order valence-corrected chi connectivity index (χ4v) is 2.86. The smallest absolute Gasteiger partial charge is 0.259 e. The van der Waals surface area contributed by atoms with Crippen molar-refractivity contribution in [2.24, 2.45) is 5.10 Å². The molecule has 4 nitrogen and oxygen atoms in total. The number of hydrazone groups is 1. The molecule has 0 aromatic heterocycles. The first-order chi connectivity index (χ1) is 14.1. The molecule has 0 heterocycles. The number of hydrogen-bond acceptors (Lipinski definition) is 3. The number of anilines is 1. The first-order valence-corrected chi connectivity index (χ1v) is 9.65. The van der Waals surface area contributed by atoms with Crippen molar-refractivity contribution >= 4 is 35.0 Å². The van der Waals surface area contributed by atoms with E-state index in [9.17, 15) is 4.79 Å². The number of nitrogens with zero attached hydrogens (tertiary/aromatic N) is 1. The van der Waals surface area contributed by atoms with Gasteiger partial charge in [-0.2, -0.15) is 5.10 Å². The number of amides is 1. The summed E-state index contributed by atoms with van der Waals surface area (Å²) in [5.74, 6) is -0.245. The lowest BCUT2D eigenvalue weighted by Crippen LogP contribution is -2.27. The zero-order valence-electron chi connectivity index (χ0n) is 16.1. The maximum Gasteiger partial charge on any atom is 0.259 e. The molecule has 0 aliphatic heterocycles. The first-order valence-electron chi connectivity index (χ1n) is 9.27. The van der Waals surface area contributed by atoms with E-state index in [4.69, 9.17) is 11.6 Å². The van der Waals surface area contributed by atoms with Crippen LogP contribution in [0.3, 0.4) is 0 Å². The van der Waals surface area contributed by atoms with Crippen LogP contribution >= 0.6 is 11.6 Å². The van der Waals surface area contributed by atoms with Crippen molar-refractivity contribution in [3.8, 4) is 0 Å². The van der Waals surface area contributed by atoms with Crippen LogP contribution in [-0.4, -0.2) is 18.2 Å². The van der Waals surface area contributed by atoms with Gasteiger partial charge in [-0.15, -0.1) is 0 Å². The Morgan fingerprint density at radius 2 is 1.66 bits per heavy atom. The summed E-state index contributed by atoms with van der Waals surface area (Å²) < 4.78 is 0. The molecule has 0 spiro atoms. The van der Waals surface area contributed by atoms with Gasteiger partial charge in [0, 0.05) is 16.3 Å². The summed E-state index contributed by atoms with van der Waals surface area (Å²) in [4.78, 5) is 12.3. The summed E-state index contributed by atoms with van der Waals surface area (Å²) >= 11 is 6.11. The third-order valence-electron chi connectivity index (χ3n) is 4.31. The summed E-state index contributed by atoms with van der Waals surface area (Å²) in [6.45, 7) is 2.00. The third kappa shape index (κ3) is 6.06. The number of nitrogens with one attached hydrogen (secondary N) is 2. The van der Waals surface area contributed by atoms with E-state index >= 15 is 0 Å². The van der Waals surface area contributed by atoms with Gasteiger partial charge < -0.3 is 5.32 Å². The summed E-state index contributed by atoms with van der Waals surface area (Å²) in [5, 5.41) is 8.07. The largest absolute Gasteiger partial charge is 0.376 e. The Morgan fingerprint density at radius 1 is 0.966 bits per heavy atom. The molecule has 0 fully saturated rings. The van der Waals surface area contributed by atoms with Crippen molar-refractivity contribution in [2.75, 3.05) is 11.9 Å². The first kappa shape index (κ1) is 20.4. The van der Waals surface area contributed by atoms with Gasteiger partial charge >= 0.3 is 0 Å². The van der Waals surface area contributed by atoms with Crippen molar-refractivity contribution < 1.29 is 4.79 Å². The fraction of sp³-hybridized carbons (Fsp3) is 0.0833.